The Balaban J connectivity index is 2.29. The van der Waals surface area contributed by atoms with Crippen LogP contribution in [0.4, 0.5) is 5.69 Å². The molecule has 0 fully saturated rings. The van der Waals surface area contributed by atoms with Gasteiger partial charge in [0, 0.05) is 11.3 Å². The van der Waals surface area contributed by atoms with Crippen molar-refractivity contribution >= 4 is 17.8 Å². The lowest BCUT2D eigenvalue weighted by Gasteiger charge is -2.16. The molecule has 1 amide bonds. The summed E-state index contributed by atoms with van der Waals surface area (Å²) in [6.07, 6.45) is 0.791. The predicted molar refractivity (Wildman–Crippen MR) is 97.1 cm³/mol. The molecule has 132 valence electrons. The number of ether oxygens (including phenoxy) is 1. The van der Waals surface area contributed by atoms with E-state index in [0.717, 1.165) is 22.9 Å². The van der Waals surface area contributed by atoms with Gasteiger partial charge in [0.15, 0.2) is 0 Å². The van der Waals surface area contributed by atoms with Crippen LogP contribution in [0.1, 0.15) is 36.5 Å². The highest BCUT2D eigenvalue weighted by molar-refractivity contribution is 6.31. The second kappa shape index (κ2) is 7.70. The second-order valence-corrected chi connectivity index (χ2v) is 6.15. The van der Waals surface area contributed by atoms with Crippen LogP contribution in [0.15, 0.2) is 35.5 Å². The van der Waals surface area contributed by atoms with Crippen LogP contribution in [0.2, 0.25) is 0 Å². The third kappa shape index (κ3) is 4.50. The Morgan fingerprint density at radius 2 is 1.84 bits per heavy atom. The average molecular weight is 342 g/mol. The number of phenols is 1. The van der Waals surface area contributed by atoms with Crippen LogP contribution >= 0.6 is 0 Å². The molecule has 0 radical (unpaired) electrons. The van der Waals surface area contributed by atoms with Gasteiger partial charge < -0.3 is 20.4 Å². The minimum absolute atomic E-state index is 0.177. The molecule has 0 heterocycles. The third-order valence-corrected chi connectivity index (χ3v) is 3.74. The van der Waals surface area contributed by atoms with Crippen LogP contribution in [0.3, 0.4) is 0 Å². The van der Waals surface area contributed by atoms with Gasteiger partial charge >= 0.3 is 0 Å². The molecule has 0 atom stereocenters. The molecular weight excluding hydrogens is 320 g/mol. The molecule has 2 aromatic carbocycles. The minimum Gasteiger partial charge on any atom is -0.508 e. The maximum absolute atomic E-state index is 11.5. The number of hydrogen-bond donors (Lipinski definition) is 3. The molecule has 3 N–H and O–H groups in total. The van der Waals surface area contributed by atoms with Crippen molar-refractivity contribution in [3.63, 3.8) is 0 Å². The Hall–Kier alpha value is -3.02. The molecule has 0 spiro atoms. The predicted octanol–water partition coefficient (Wildman–Crippen LogP) is 4.32. The zero-order valence-corrected chi connectivity index (χ0v) is 14.7. The number of hydrogen-bond acceptors (Lipinski definition) is 5. The molecule has 0 aliphatic carbocycles. The molecule has 0 bridgehead atoms. The quantitative estimate of drug-likeness (QED) is 0.429. The molecule has 2 aromatic rings. The molecule has 0 aliphatic rings. The number of phenolic OH excluding ortho intramolecular Hbond substituents is 1. The van der Waals surface area contributed by atoms with Gasteiger partial charge in [-0.1, -0.05) is 19.0 Å². The first-order chi connectivity index (χ1) is 11.8. The number of carbonyl (C=O) groups is 1. The number of rotatable bonds is 5. The average Bonchev–Trinajstić information content (AvgIpc) is 2.52. The van der Waals surface area contributed by atoms with E-state index < -0.39 is 5.91 Å². The molecule has 6 heteroatoms. The Morgan fingerprint density at radius 1 is 1.20 bits per heavy atom. The van der Waals surface area contributed by atoms with E-state index in [1.54, 1.807) is 24.3 Å². The van der Waals surface area contributed by atoms with Crippen molar-refractivity contribution in [3.05, 3.63) is 47.0 Å². The van der Waals surface area contributed by atoms with Crippen molar-refractivity contribution in [2.24, 2.45) is 5.16 Å². The number of aromatic hydroxyl groups is 1. The fourth-order valence-electron chi connectivity index (χ4n) is 2.59. The van der Waals surface area contributed by atoms with E-state index in [1.165, 1.54) is 0 Å². The Kier molecular flexibility index (Phi) is 5.64. The number of amides is 1. The maximum Gasteiger partial charge on any atom is 0.270 e. The van der Waals surface area contributed by atoms with Crippen molar-refractivity contribution in [2.45, 2.75) is 33.6 Å². The van der Waals surface area contributed by atoms with E-state index >= 15 is 0 Å². The molecule has 0 aliphatic heterocycles. The number of anilines is 1. The lowest BCUT2D eigenvalue weighted by Crippen LogP contribution is -2.12. The molecule has 2 rings (SSSR count). The molecular formula is C19H22N2O4. The highest BCUT2D eigenvalue weighted by Gasteiger charge is 2.12. The van der Waals surface area contributed by atoms with E-state index in [0.29, 0.717) is 17.2 Å². The fraction of sp³-hybridized carbons (Fsp3) is 0.263. The van der Waals surface area contributed by atoms with Crippen molar-refractivity contribution < 1.29 is 19.8 Å². The SMILES string of the molecule is Cc1cc(NC(=O)/C=N/O)cc(C)c1Oc1ccc(O)c(C(C)C)c1. The maximum atomic E-state index is 11.5. The summed E-state index contributed by atoms with van der Waals surface area (Å²) in [5.41, 5.74) is 3.09. The molecule has 0 saturated carbocycles. The highest BCUT2D eigenvalue weighted by atomic mass is 16.5. The van der Waals surface area contributed by atoms with Gasteiger partial charge in [0.25, 0.3) is 5.91 Å². The molecule has 6 nitrogen and oxygen atoms in total. The van der Waals surface area contributed by atoms with Crippen LogP contribution in [-0.2, 0) is 4.79 Å². The number of benzene rings is 2. The van der Waals surface area contributed by atoms with Gasteiger partial charge in [-0.05, 0) is 61.2 Å². The molecule has 0 aromatic heterocycles. The van der Waals surface area contributed by atoms with Gasteiger partial charge in [-0.3, -0.25) is 4.79 Å². The summed E-state index contributed by atoms with van der Waals surface area (Å²) in [5.74, 6) is 1.23. The lowest BCUT2D eigenvalue weighted by atomic mass is 10.0. The van der Waals surface area contributed by atoms with Crippen molar-refractivity contribution in [1.29, 1.82) is 0 Å². The summed E-state index contributed by atoms with van der Waals surface area (Å²) in [7, 11) is 0. The van der Waals surface area contributed by atoms with Gasteiger partial charge in [-0.15, -0.1) is 0 Å². The first-order valence-corrected chi connectivity index (χ1v) is 7.92. The highest BCUT2D eigenvalue weighted by Crippen LogP contribution is 2.35. The molecule has 25 heavy (non-hydrogen) atoms. The van der Waals surface area contributed by atoms with Gasteiger partial charge in [-0.2, -0.15) is 0 Å². The topological polar surface area (TPSA) is 91.2 Å². The Bertz CT molecular complexity index is 790. The summed E-state index contributed by atoms with van der Waals surface area (Å²) in [6, 6.07) is 8.71. The number of nitrogens with one attached hydrogen (secondary N) is 1. The van der Waals surface area contributed by atoms with E-state index in [2.05, 4.69) is 10.5 Å². The van der Waals surface area contributed by atoms with Crippen LogP contribution < -0.4 is 10.1 Å². The van der Waals surface area contributed by atoms with Crippen molar-refractivity contribution in [2.75, 3.05) is 5.32 Å². The van der Waals surface area contributed by atoms with Gasteiger partial charge in [0.05, 0.1) is 0 Å². The number of oxime groups is 1. The largest absolute Gasteiger partial charge is 0.508 e. The van der Waals surface area contributed by atoms with Gasteiger partial charge in [0.1, 0.15) is 23.5 Å². The summed E-state index contributed by atoms with van der Waals surface area (Å²) >= 11 is 0. The van der Waals surface area contributed by atoms with Crippen LogP contribution in [0, 0.1) is 13.8 Å². The molecule has 0 saturated heterocycles. The Morgan fingerprint density at radius 3 is 2.40 bits per heavy atom. The van der Waals surface area contributed by atoms with Crippen LogP contribution in [0.25, 0.3) is 0 Å². The van der Waals surface area contributed by atoms with Crippen LogP contribution in [0.5, 0.6) is 17.2 Å². The van der Waals surface area contributed by atoms with E-state index in [-0.39, 0.29) is 11.7 Å². The number of aryl methyl sites for hydroxylation is 2. The monoisotopic (exact) mass is 342 g/mol. The normalized spacial score (nSPS) is 11.1. The minimum atomic E-state index is -0.518. The van der Waals surface area contributed by atoms with Crippen molar-refractivity contribution in [3.8, 4) is 17.2 Å². The standard InChI is InChI=1S/C19H22N2O4/c1-11(2)16-9-15(5-6-17(16)22)25-19-12(3)7-14(8-13(19)4)21-18(23)10-20-24/h5-11,22,24H,1-4H3,(H,21,23)/b20-10+. The smallest absolute Gasteiger partial charge is 0.270 e. The van der Waals surface area contributed by atoms with Gasteiger partial charge in [-0.25, -0.2) is 0 Å². The summed E-state index contributed by atoms with van der Waals surface area (Å²) in [6.45, 7) is 7.76. The first kappa shape index (κ1) is 18.3. The zero-order chi connectivity index (χ0) is 18.6. The zero-order valence-electron chi connectivity index (χ0n) is 14.7. The number of carbonyl (C=O) groups excluding carboxylic acids is 1. The van der Waals surface area contributed by atoms with Crippen molar-refractivity contribution in [1.82, 2.24) is 0 Å². The fourth-order valence-corrected chi connectivity index (χ4v) is 2.59. The van der Waals surface area contributed by atoms with E-state index in [4.69, 9.17) is 9.94 Å². The van der Waals surface area contributed by atoms with E-state index in [9.17, 15) is 9.90 Å². The second-order valence-electron chi connectivity index (χ2n) is 6.15. The summed E-state index contributed by atoms with van der Waals surface area (Å²) in [5, 5.41) is 23.6. The Labute approximate surface area is 146 Å². The number of nitrogens with zero attached hydrogens (tertiary/aromatic N) is 1. The summed E-state index contributed by atoms with van der Waals surface area (Å²) in [4.78, 5) is 11.5. The third-order valence-electron chi connectivity index (χ3n) is 3.74. The summed E-state index contributed by atoms with van der Waals surface area (Å²) < 4.78 is 6.00. The first-order valence-electron chi connectivity index (χ1n) is 7.92. The molecule has 0 unspecified atom stereocenters. The van der Waals surface area contributed by atoms with Crippen LogP contribution in [-0.4, -0.2) is 22.4 Å². The lowest BCUT2D eigenvalue weighted by molar-refractivity contribution is -0.110. The van der Waals surface area contributed by atoms with Gasteiger partial charge in [0.2, 0.25) is 0 Å². The van der Waals surface area contributed by atoms with E-state index in [1.807, 2.05) is 33.8 Å².